The van der Waals surface area contributed by atoms with E-state index in [1.807, 2.05) is 0 Å². The summed E-state index contributed by atoms with van der Waals surface area (Å²) in [6.07, 6.45) is -1.57. The Morgan fingerprint density at radius 3 is 2.71 bits per heavy atom. The van der Waals surface area contributed by atoms with Crippen molar-refractivity contribution in [1.29, 1.82) is 0 Å². The predicted molar refractivity (Wildman–Crippen MR) is 49.1 cm³/mol. The van der Waals surface area contributed by atoms with Crippen LogP contribution in [0.4, 0.5) is 0 Å². The number of nitrogens with two attached hydrogens (primary N) is 1. The van der Waals surface area contributed by atoms with Gasteiger partial charge in [0.2, 0.25) is 0 Å². The van der Waals surface area contributed by atoms with Gasteiger partial charge in [-0.15, -0.1) is 0 Å². The minimum Gasteiger partial charge on any atom is -0.504 e. The zero-order valence-electron chi connectivity index (χ0n) is 9.14. The van der Waals surface area contributed by atoms with E-state index >= 15 is 0 Å². The summed E-state index contributed by atoms with van der Waals surface area (Å²) >= 11 is 0. The molecule has 0 spiro atoms. The van der Waals surface area contributed by atoms with E-state index in [4.69, 9.17) is 18.7 Å². The van der Waals surface area contributed by atoms with E-state index in [-0.39, 0.29) is 11.3 Å². The summed E-state index contributed by atoms with van der Waals surface area (Å²) in [5, 5.41) is 26.9. The van der Waals surface area contributed by atoms with Gasteiger partial charge in [0.1, 0.15) is 6.02 Å². The van der Waals surface area contributed by atoms with Crippen LogP contribution >= 0.6 is 0 Å². The molecule has 5 nitrogen and oxygen atoms in total. The number of benzene rings is 1. The van der Waals surface area contributed by atoms with Crippen LogP contribution in [0, 0.1) is 0 Å². The van der Waals surface area contributed by atoms with Gasteiger partial charge in [-0.3, -0.25) is 4.79 Å². The maximum Gasteiger partial charge on any atom is 0.320 e. The van der Waals surface area contributed by atoms with E-state index in [0.29, 0.717) is 0 Å². The summed E-state index contributed by atoms with van der Waals surface area (Å²) in [5.74, 6) is -2.52. The third kappa shape index (κ3) is 2.37. The van der Waals surface area contributed by atoms with E-state index in [9.17, 15) is 9.90 Å². The highest BCUT2D eigenvalue weighted by molar-refractivity contribution is 5.73. The summed E-state index contributed by atoms with van der Waals surface area (Å²) in [6, 6.07) is 0.825. The number of rotatable bonds is 3. The third-order valence-corrected chi connectivity index (χ3v) is 1.57. The van der Waals surface area contributed by atoms with Gasteiger partial charge in [-0.1, -0.05) is 6.07 Å². The monoisotopic (exact) mass is 199 g/mol. The molecular weight excluding hydrogens is 186 g/mol. The molecule has 1 aromatic rings. The SMILES string of the molecule is [2H][C@H](c1ccc(O)c(O)c1)[C@]([2H])(N)C(=O)O. The highest BCUT2D eigenvalue weighted by Gasteiger charge is 2.12. The van der Waals surface area contributed by atoms with E-state index in [1.165, 1.54) is 6.07 Å². The molecule has 14 heavy (non-hydrogen) atoms. The van der Waals surface area contributed by atoms with Gasteiger partial charge < -0.3 is 21.1 Å². The standard InChI is InChI=1S/C9H11NO4/c10-6(9(13)14)3-5-1-2-7(11)8(12)4-5/h1-2,4,6,11-12H,3,10H2,(H,13,14)/t6-/m0/s1/i3D,6D/t3-,6+/m1. The molecule has 0 heterocycles. The lowest BCUT2D eigenvalue weighted by Gasteiger charge is -2.06. The number of carboxylic acid groups (broad SMARTS) is 1. The molecule has 5 heteroatoms. The van der Waals surface area contributed by atoms with Crippen LogP contribution in [-0.2, 0) is 11.2 Å². The van der Waals surface area contributed by atoms with Crippen LogP contribution < -0.4 is 5.73 Å². The Balaban J connectivity index is 3.10. The molecule has 0 radical (unpaired) electrons. The van der Waals surface area contributed by atoms with Gasteiger partial charge in [-0.05, 0) is 24.1 Å². The minimum absolute atomic E-state index is 0.0372. The van der Waals surface area contributed by atoms with Gasteiger partial charge >= 0.3 is 5.97 Å². The molecular formula is C9H11NO4. The Labute approximate surface area is 83.2 Å². The molecule has 0 aromatic heterocycles. The molecule has 0 aliphatic rings. The van der Waals surface area contributed by atoms with E-state index in [1.54, 1.807) is 0 Å². The molecule has 0 saturated heterocycles. The second kappa shape index (κ2) is 3.97. The van der Waals surface area contributed by atoms with Crippen molar-refractivity contribution in [2.24, 2.45) is 5.73 Å². The maximum atomic E-state index is 10.6. The number of phenolic OH excluding ortho intramolecular Hbond substituents is 2. The lowest BCUT2D eigenvalue weighted by atomic mass is 10.1. The minimum atomic E-state index is -2.51. The first-order chi connectivity index (χ1) is 7.26. The van der Waals surface area contributed by atoms with Crippen molar-refractivity contribution in [2.45, 2.75) is 12.4 Å². The van der Waals surface area contributed by atoms with Gasteiger partial charge in [0.15, 0.2) is 11.5 Å². The molecule has 2 atom stereocenters. The number of carbonyl (C=O) groups is 1. The number of phenols is 2. The number of carboxylic acids is 1. The fourth-order valence-electron chi connectivity index (χ4n) is 0.872. The van der Waals surface area contributed by atoms with Gasteiger partial charge in [0.05, 0.1) is 1.37 Å². The van der Waals surface area contributed by atoms with Crippen molar-refractivity contribution < 1.29 is 22.9 Å². The van der Waals surface area contributed by atoms with Crippen LogP contribution in [0.25, 0.3) is 0 Å². The zero-order chi connectivity index (χ0) is 12.5. The van der Waals surface area contributed by atoms with Crippen LogP contribution in [0.3, 0.4) is 0 Å². The molecule has 0 bridgehead atoms. The summed E-state index contributed by atoms with van der Waals surface area (Å²) in [5.41, 5.74) is 5.20. The second-order valence-corrected chi connectivity index (χ2v) is 2.65. The molecule has 0 aliphatic heterocycles. The third-order valence-electron chi connectivity index (χ3n) is 1.57. The van der Waals surface area contributed by atoms with Gasteiger partial charge in [-0.25, -0.2) is 0 Å². The smallest absolute Gasteiger partial charge is 0.320 e. The average Bonchev–Trinajstić information content (AvgIpc) is 2.20. The molecule has 5 N–H and O–H groups in total. The highest BCUT2D eigenvalue weighted by Crippen LogP contribution is 2.25. The van der Waals surface area contributed by atoms with Crippen molar-refractivity contribution >= 4 is 5.97 Å². The summed E-state index contributed by atoms with van der Waals surface area (Å²) in [7, 11) is 0. The Bertz CT molecular complexity index is 422. The lowest BCUT2D eigenvalue weighted by molar-refractivity contribution is -0.138. The van der Waals surface area contributed by atoms with Gasteiger partial charge in [-0.2, -0.15) is 0 Å². The maximum absolute atomic E-state index is 10.6. The van der Waals surface area contributed by atoms with Crippen molar-refractivity contribution in [1.82, 2.24) is 0 Å². The van der Waals surface area contributed by atoms with Crippen LogP contribution in [-0.4, -0.2) is 27.3 Å². The highest BCUT2D eigenvalue weighted by atomic mass is 16.4. The largest absolute Gasteiger partial charge is 0.504 e. The summed E-state index contributed by atoms with van der Waals surface area (Å²) in [6.45, 7) is 0. The number of hydrogen-bond donors (Lipinski definition) is 4. The summed E-state index contributed by atoms with van der Waals surface area (Å²) in [4.78, 5) is 10.6. The Morgan fingerprint density at radius 2 is 2.21 bits per heavy atom. The van der Waals surface area contributed by atoms with Gasteiger partial charge in [0, 0.05) is 1.37 Å². The first kappa shape index (κ1) is 7.64. The predicted octanol–water partition coefficient (Wildman–Crippen LogP) is 0.0522. The molecule has 1 aromatic carbocycles. The Kier molecular flexibility index (Phi) is 2.17. The fourth-order valence-corrected chi connectivity index (χ4v) is 0.872. The first-order valence-electron chi connectivity index (χ1n) is 4.81. The van der Waals surface area contributed by atoms with Crippen molar-refractivity contribution in [3.05, 3.63) is 23.8 Å². The quantitative estimate of drug-likeness (QED) is 0.515. The molecule has 0 fully saturated rings. The normalized spacial score (nSPS) is 18.9. The molecule has 0 aliphatic carbocycles. The molecule has 0 saturated carbocycles. The van der Waals surface area contributed by atoms with Gasteiger partial charge in [0.25, 0.3) is 0 Å². The zero-order valence-corrected chi connectivity index (χ0v) is 7.14. The molecule has 76 valence electrons. The van der Waals surface area contributed by atoms with Crippen molar-refractivity contribution in [3.8, 4) is 11.5 Å². The first-order valence-corrected chi connectivity index (χ1v) is 3.73. The molecule has 1 rings (SSSR count). The van der Waals surface area contributed by atoms with E-state index in [2.05, 4.69) is 0 Å². The number of hydrogen-bond acceptors (Lipinski definition) is 4. The van der Waals surface area contributed by atoms with Crippen LogP contribution in [0.5, 0.6) is 11.5 Å². The topological polar surface area (TPSA) is 104 Å². The summed E-state index contributed by atoms with van der Waals surface area (Å²) < 4.78 is 14.8. The van der Waals surface area contributed by atoms with E-state index in [0.717, 1.165) is 12.1 Å². The Morgan fingerprint density at radius 1 is 1.57 bits per heavy atom. The number of aromatic hydroxyl groups is 2. The lowest BCUT2D eigenvalue weighted by Crippen LogP contribution is -2.32. The van der Waals surface area contributed by atoms with Crippen LogP contribution in [0.1, 0.15) is 8.30 Å². The number of aliphatic carboxylic acids is 1. The molecule has 0 amide bonds. The average molecular weight is 199 g/mol. The fraction of sp³-hybridized carbons (Fsp3) is 0.222. The Hall–Kier alpha value is -1.75. The van der Waals surface area contributed by atoms with E-state index < -0.39 is 24.1 Å². The van der Waals surface area contributed by atoms with Crippen molar-refractivity contribution in [2.75, 3.05) is 0 Å². The second-order valence-electron chi connectivity index (χ2n) is 2.65. The van der Waals surface area contributed by atoms with Crippen LogP contribution in [0.15, 0.2) is 18.2 Å². The van der Waals surface area contributed by atoms with Crippen molar-refractivity contribution in [3.63, 3.8) is 0 Å². The van der Waals surface area contributed by atoms with Crippen LogP contribution in [0.2, 0.25) is 0 Å². The molecule has 0 unspecified atom stereocenters.